The van der Waals surface area contributed by atoms with E-state index in [2.05, 4.69) is 36.9 Å². The Morgan fingerprint density at radius 3 is 0.845 bits per heavy atom. The number of carbonyl (C=O) groups is 8. The van der Waals surface area contributed by atoms with E-state index in [1.807, 2.05) is 66.7 Å². The van der Waals surface area contributed by atoms with Crippen molar-refractivity contribution in [1.82, 2.24) is 31.9 Å². The van der Waals surface area contributed by atoms with Crippen LogP contribution in [0.3, 0.4) is 0 Å². The number of nitrogens with one attached hydrogen (secondary N) is 8. The van der Waals surface area contributed by atoms with Crippen molar-refractivity contribution in [2.45, 2.75) is 154 Å². The average Bonchev–Trinajstić information content (AvgIpc) is 3.38. The van der Waals surface area contributed by atoms with E-state index in [0.717, 1.165) is 120 Å². The molecule has 0 radical (unpaired) electrons. The third kappa shape index (κ3) is 41.9. The smallest absolute Gasteiger partial charge is 0.243 e. The van der Waals surface area contributed by atoms with Crippen LogP contribution in [0.4, 0.5) is 17.1 Å². The summed E-state index contributed by atoms with van der Waals surface area (Å²) >= 11 is 0. The standard InChI is InChI=1S/C15H22N2O2.C14H21N3O2.C14H20N2O3.C9H18N2O3/c1-16-14(18)11-7-2-3-8-12-15(19)17-13-9-5-4-6-10-13;1-15-13(18)8-4-2-3-5-9-14(19)17-12-7-6-10-16-11-12;17-13(15-12-8-4-3-5-9-12)10-6-1-2-7-11-14(18)16-19;1-10-8(12)6-4-2-3-5-7-9(13)11-14/h4-6,9-10H,2-3,7-8,11-12H2,1H3,(H,16,18)(H,17,19);6-7,10-11H,2-5,8-9H2,1H3,(H,15,18)(H,17,19);3-5,8-9,19H,1-2,6-7,10-11H2,(H,15,17)(H,16,18);14H,2-7H2,1H3,(H,10,12)(H,11,13). The molecule has 0 aliphatic heterocycles. The van der Waals surface area contributed by atoms with Crippen LogP contribution in [0.25, 0.3) is 0 Å². The van der Waals surface area contributed by atoms with Gasteiger partial charge in [-0.05, 0) is 87.8 Å². The summed E-state index contributed by atoms with van der Waals surface area (Å²) in [7, 11) is 4.91. The molecular formula is C52H81N9O10. The first-order valence-corrected chi connectivity index (χ1v) is 24.7. The molecule has 0 saturated heterocycles. The maximum Gasteiger partial charge on any atom is 0.243 e. The highest BCUT2D eigenvalue weighted by atomic mass is 16.5. The topological polar surface area (TPSA) is 286 Å². The lowest BCUT2D eigenvalue weighted by atomic mass is 10.1. The molecule has 71 heavy (non-hydrogen) atoms. The minimum Gasteiger partial charge on any atom is -0.359 e. The second-order valence-corrected chi connectivity index (χ2v) is 16.4. The third-order valence-electron chi connectivity index (χ3n) is 10.4. The van der Waals surface area contributed by atoms with Crippen LogP contribution >= 0.6 is 0 Å². The van der Waals surface area contributed by atoms with E-state index in [-0.39, 0.29) is 47.3 Å². The van der Waals surface area contributed by atoms with E-state index >= 15 is 0 Å². The first-order chi connectivity index (χ1) is 34.4. The number of aromatic nitrogens is 1. The van der Waals surface area contributed by atoms with Gasteiger partial charge in [0.05, 0.1) is 11.9 Å². The van der Waals surface area contributed by atoms with Crippen molar-refractivity contribution in [2.75, 3.05) is 37.1 Å². The molecule has 0 unspecified atom stereocenters. The SMILES string of the molecule is CNC(=O)CCCCCCC(=O)NO.CNC(=O)CCCCCCC(=O)Nc1ccccc1.CNC(=O)CCCCCCC(=O)Nc1cccnc1.O=C(CCCCCCC(=O)Nc1ccccc1)NO. The summed E-state index contributed by atoms with van der Waals surface area (Å²) in [5.74, 6) is -0.413. The molecule has 0 atom stereocenters. The second kappa shape index (κ2) is 45.7. The number of nitrogens with zero attached hydrogens (tertiary/aromatic N) is 1. The number of hydrogen-bond acceptors (Lipinski definition) is 11. The lowest BCUT2D eigenvalue weighted by Crippen LogP contribution is -2.18. The summed E-state index contributed by atoms with van der Waals surface area (Å²) in [5.41, 5.74) is 5.56. The molecule has 8 amide bonds. The van der Waals surface area contributed by atoms with Gasteiger partial charge in [0.1, 0.15) is 0 Å². The fourth-order valence-electron chi connectivity index (χ4n) is 6.34. The van der Waals surface area contributed by atoms with Gasteiger partial charge in [-0.3, -0.25) is 53.8 Å². The van der Waals surface area contributed by atoms with Gasteiger partial charge in [0.15, 0.2) is 0 Å². The van der Waals surface area contributed by atoms with E-state index < -0.39 is 0 Å². The fourth-order valence-corrected chi connectivity index (χ4v) is 6.34. The lowest BCUT2D eigenvalue weighted by molar-refractivity contribution is -0.130. The molecule has 0 aliphatic rings. The normalized spacial score (nSPS) is 9.87. The van der Waals surface area contributed by atoms with Gasteiger partial charge in [0.2, 0.25) is 47.3 Å². The van der Waals surface area contributed by atoms with E-state index in [4.69, 9.17) is 10.4 Å². The number of benzene rings is 2. The van der Waals surface area contributed by atoms with Gasteiger partial charge in [0, 0.05) is 90.1 Å². The summed E-state index contributed by atoms with van der Waals surface area (Å²) in [6, 6.07) is 22.4. The van der Waals surface area contributed by atoms with Crippen LogP contribution < -0.4 is 42.9 Å². The number of amides is 8. The van der Waals surface area contributed by atoms with Crippen LogP contribution in [0.15, 0.2) is 85.2 Å². The van der Waals surface area contributed by atoms with Crippen LogP contribution in [-0.4, -0.2) is 83.8 Å². The maximum atomic E-state index is 11.6. The Morgan fingerprint density at radius 2 is 0.592 bits per heavy atom. The van der Waals surface area contributed by atoms with Crippen LogP contribution in [0.1, 0.15) is 154 Å². The second-order valence-electron chi connectivity index (χ2n) is 16.4. The van der Waals surface area contributed by atoms with Gasteiger partial charge in [-0.2, -0.15) is 0 Å². The Labute approximate surface area is 420 Å². The zero-order valence-corrected chi connectivity index (χ0v) is 42.2. The summed E-state index contributed by atoms with van der Waals surface area (Å²) in [4.78, 5) is 92.8. The molecule has 0 fully saturated rings. The number of para-hydroxylation sites is 2. The molecule has 3 aromatic rings. The Balaban J connectivity index is 0.000000927. The van der Waals surface area contributed by atoms with Gasteiger partial charge in [-0.15, -0.1) is 0 Å². The molecule has 0 saturated carbocycles. The highest BCUT2D eigenvalue weighted by Crippen LogP contribution is 2.12. The summed E-state index contributed by atoms with van der Waals surface area (Å²) in [6.45, 7) is 0. The molecule has 0 spiro atoms. The molecule has 0 aliphatic carbocycles. The highest BCUT2D eigenvalue weighted by molar-refractivity contribution is 5.91. The first kappa shape index (κ1) is 64.3. The van der Waals surface area contributed by atoms with E-state index in [9.17, 15) is 38.4 Å². The molecule has 1 aromatic heterocycles. The maximum absolute atomic E-state index is 11.6. The number of hydrogen-bond donors (Lipinski definition) is 10. The fraction of sp³-hybridized carbons (Fsp3) is 0.519. The van der Waals surface area contributed by atoms with E-state index in [1.165, 1.54) is 0 Å². The van der Waals surface area contributed by atoms with Crippen LogP contribution in [0, 0.1) is 0 Å². The molecule has 3 rings (SSSR count). The molecule has 394 valence electrons. The first-order valence-electron chi connectivity index (χ1n) is 24.7. The van der Waals surface area contributed by atoms with Crippen LogP contribution in [0.5, 0.6) is 0 Å². The molecule has 19 heteroatoms. The zero-order valence-electron chi connectivity index (χ0n) is 42.2. The van der Waals surface area contributed by atoms with Crippen molar-refractivity contribution < 1.29 is 48.8 Å². The molecule has 1 heterocycles. The van der Waals surface area contributed by atoms with Crippen molar-refractivity contribution in [3.63, 3.8) is 0 Å². The molecule has 0 bridgehead atoms. The predicted molar refractivity (Wildman–Crippen MR) is 276 cm³/mol. The highest BCUT2D eigenvalue weighted by Gasteiger charge is 2.06. The van der Waals surface area contributed by atoms with E-state index in [0.29, 0.717) is 51.4 Å². The van der Waals surface area contributed by atoms with Gasteiger partial charge in [-0.1, -0.05) is 87.8 Å². The Hall–Kier alpha value is -6.73. The monoisotopic (exact) mass is 992 g/mol. The molecule has 19 nitrogen and oxygen atoms in total. The van der Waals surface area contributed by atoms with Gasteiger partial charge in [0.25, 0.3) is 0 Å². The number of carbonyl (C=O) groups excluding carboxylic acids is 8. The minimum atomic E-state index is -0.359. The lowest BCUT2D eigenvalue weighted by Gasteiger charge is -2.04. The van der Waals surface area contributed by atoms with Gasteiger partial charge in [-0.25, -0.2) is 11.0 Å². The number of anilines is 3. The summed E-state index contributed by atoms with van der Waals surface area (Å²) in [6.07, 6.45) is 21.4. The van der Waals surface area contributed by atoms with Crippen molar-refractivity contribution in [3.8, 4) is 0 Å². The summed E-state index contributed by atoms with van der Waals surface area (Å²) < 4.78 is 0. The Kier molecular flexibility index (Phi) is 41.4. The van der Waals surface area contributed by atoms with Crippen LogP contribution in [-0.2, 0) is 38.4 Å². The van der Waals surface area contributed by atoms with Crippen molar-refractivity contribution >= 4 is 64.3 Å². The van der Waals surface area contributed by atoms with Gasteiger partial charge >= 0.3 is 0 Å². The molecule has 2 aromatic carbocycles. The Morgan fingerprint density at radius 1 is 0.338 bits per heavy atom. The predicted octanol–water partition coefficient (Wildman–Crippen LogP) is 7.87. The largest absolute Gasteiger partial charge is 0.359 e. The average molecular weight is 992 g/mol. The van der Waals surface area contributed by atoms with Crippen molar-refractivity contribution in [2.24, 2.45) is 0 Å². The van der Waals surface area contributed by atoms with Crippen molar-refractivity contribution in [1.29, 1.82) is 0 Å². The van der Waals surface area contributed by atoms with Gasteiger partial charge < -0.3 is 31.9 Å². The quantitative estimate of drug-likeness (QED) is 0.0168. The summed E-state index contributed by atoms with van der Waals surface area (Å²) in [5, 5.41) is 32.7. The van der Waals surface area contributed by atoms with E-state index in [1.54, 1.807) is 50.6 Å². The van der Waals surface area contributed by atoms with Crippen LogP contribution in [0.2, 0.25) is 0 Å². The minimum absolute atomic E-state index is 0.0132. The number of hydroxylamine groups is 2. The van der Waals surface area contributed by atoms with Crippen molar-refractivity contribution in [3.05, 3.63) is 85.2 Å². The molecular weight excluding hydrogens is 911 g/mol. The number of rotatable bonds is 31. The Bertz CT molecular complexity index is 1690. The molecule has 10 N–H and O–H groups in total. The number of pyridine rings is 1. The number of unbranched alkanes of at least 4 members (excludes halogenated alkanes) is 12. The zero-order chi connectivity index (χ0) is 52.6. The third-order valence-corrected chi connectivity index (χ3v) is 10.4.